The Morgan fingerprint density at radius 3 is 0.614 bits per heavy atom. The minimum atomic E-state index is -4.96. The van der Waals surface area contributed by atoms with Crippen LogP contribution < -0.4 is 0 Å². The lowest BCUT2D eigenvalue weighted by molar-refractivity contribution is -0.161. The van der Waals surface area contributed by atoms with Crippen molar-refractivity contribution in [3.8, 4) is 0 Å². The van der Waals surface area contributed by atoms with Crippen LogP contribution in [0, 0.1) is 23.7 Å². The van der Waals surface area contributed by atoms with Gasteiger partial charge in [0.2, 0.25) is 0 Å². The Hall–Kier alpha value is -1.94. The molecule has 0 amide bonds. The van der Waals surface area contributed by atoms with Gasteiger partial charge in [-0.25, -0.2) is 9.13 Å². The Kier molecular flexibility index (Phi) is 69.6. The van der Waals surface area contributed by atoms with E-state index in [0.29, 0.717) is 25.7 Å². The smallest absolute Gasteiger partial charge is 0.462 e. The van der Waals surface area contributed by atoms with Crippen LogP contribution in [0.2, 0.25) is 0 Å². The van der Waals surface area contributed by atoms with E-state index in [9.17, 15) is 43.2 Å². The van der Waals surface area contributed by atoms with E-state index in [4.69, 9.17) is 37.0 Å². The first kappa shape index (κ1) is 99.1. The Morgan fingerprint density at radius 2 is 0.416 bits per heavy atom. The summed E-state index contributed by atoms with van der Waals surface area (Å²) in [6.07, 6.45) is 58.4. The predicted octanol–water partition coefficient (Wildman–Crippen LogP) is 24.4. The molecule has 0 radical (unpaired) electrons. The number of hydrogen-bond donors (Lipinski definition) is 3. The van der Waals surface area contributed by atoms with E-state index in [-0.39, 0.29) is 25.7 Å². The fourth-order valence-electron chi connectivity index (χ4n) is 12.6. The lowest BCUT2D eigenvalue weighted by Gasteiger charge is -2.21. The van der Waals surface area contributed by atoms with E-state index in [2.05, 4.69) is 55.4 Å². The van der Waals surface area contributed by atoms with Crippen LogP contribution in [-0.4, -0.2) is 96.7 Å². The number of phosphoric ester groups is 2. The number of phosphoric acid groups is 2. The molecule has 101 heavy (non-hydrogen) atoms. The topological polar surface area (TPSA) is 237 Å². The first-order valence-electron chi connectivity index (χ1n) is 42.2. The quantitative estimate of drug-likeness (QED) is 0.0222. The van der Waals surface area contributed by atoms with Crippen molar-refractivity contribution in [3.05, 3.63) is 0 Å². The number of carbonyl (C=O) groups is 4. The second kappa shape index (κ2) is 71.0. The van der Waals surface area contributed by atoms with Gasteiger partial charge in [-0.3, -0.25) is 37.3 Å². The molecule has 0 aliphatic rings. The van der Waals surface area contributed by atoms with E-state index < -0.39 is 97.5 Å². The number of ether oxygens (including phenoxy) is 4. The van der Waals surface area contributed by atoms with Crippen molar-refractivity contribution in [2.45, 2.75) is 440 Å². The van der Waals surface area contributed by atoms with Gasteiger partial charge in [0, 0.05) is 25.7 Å². The fraction of sp³-hybridized carbons (Fsp3) is 0.951. The zero-order valence-electron chi connectivity index (χ0n) is 66.5. The van der Waals surface area contributed by atoms with Crippen LogP contribution in [0.15, 0.2) is 0 Å². The first-order chi connectivity index (χ1) is 48.6. The zero-order valence-corrected chi connectivity index (χ0v) is 68.3. The van der Waals surface area contributed by atoms with Gasteiger partial charge in [-0.05, 0) is 49.4 Å². The van der Waals surface area contributed by atoms with E-state index >= 15 is 0 Å². The third kappa shape index (κ3) is 76.1. The third-order valence-corrected chi connectivity index (χ3v) is 21.0. The van der Waals surface area contributed by atoms with Crippen molar-refractivity contribution in [1.29, 1.82) is 0 Å². The summed E-state index contributed by atoms with van der Waals surface area (Å²) in [5, 5.41) is 10.6. The summed E-state index contributed by atoms with van der Waals surface area (Å²) in [6.45, 7) is 14.3. The van der Waals surface area contributed by atoms with Crippen molar-refractivity contribution >= 4 is 39.5 Å². The number of aliphatic hydroxyl groups excluding tert-OH is 1. The minimum absolute atomic E-state index is 0.105. The standard InChI is InChI=1S/C82H160O17P2/c1-72(2)58-50-42-34-26-20-16-13-11-9-10-12-14-18-22-29-38-46-54-62-79(84)92-68-77(98-81(86)64-56-48-40-30-23-19-15-17-21-27-35-43-51-59-73(3)4)70-96-100(88,89)94-66-76(83)67-95-101(90,91)97-71-78(69-93-80(85)63-55-47-39-33-32-37-45-53-61-75(7)8)99-82(87)65-57-49-41-31-25-24-28-36-44-52-60-74(5)6/h72-78,83H,9-71H2,1-8H3,(H,88,89)(H,90,91)/t76?,77-,78-/m1/s1. The van der Waals surface area contributed by atoms with Gasteiger partial charge < -0.3 is 33.8 Å². The molecule has 0 aliphatic carbocycles. The molecule has 0 fully saturated rings. The molecule has 3 N–H and O–H groups in total. The van der Waals surface area contributed by atoms with Gasteiger partial charge in [-0.2, -0.15) is 0 Å². The summed E-state index contributed by atoms with van der Waals surface area (Å²) in [7, 11) is -9.92. The van der Waals surface area contributed by atoms with Crippen molar-refractivity contribution in [1.82, 2.24) is 0 Å². The molecule has 17 nitrogen and oxygen atoms in total. The Morgan fingerprint density at radius 1 is 0.248 bits per heavy atom. The summed E-state index contributed by atoms with van der Waals surface area (Å²) in [4.78, 5) is 73.0. The molecule has 0 aromatic rings. The fourth-order valence-corrected chi connectivity index (χ4v) is 14.2. The number of aliphatic hydroxyl groups is 1. The molecule has 0 rings (SSSR count). The van der Waals surface area contributed by atoms with E-state index in [1.165, 1.54) is 225 Å². The minimum Gasteiger partial charge on any atom is -0.462 e. The SMILES string of the molecule is CC(C)CCCCCCCCCCCCCCCCCCCCC(=O)OC[C@H](COP(=O)(O)OCC(O)COP(=O)(O)OC[C@@H](COC(=O)CCCCCCCCCCC(C)C)OC(=O)CCCCCCCCCCCCC(C)C)OC(=O)CCCCCCCCCCCCCCCC(C)C. The Balaban J connectivity index is 5.22. The molecule has 0 bridgehead atoms. The van der Waals surface area contributed by atoms with Crippen LogP contribution in [-0.2, 0) is 65.4 Å². The summed E-state index contributed by atoms with van der Waals surface area (Å²) in [5.74, 6) is 0.974. The van der Waals surface area contributed by atoms with E-state index in [1.54, 1.807) is 0 Å². The summed E-state index contributed by atoms with van der Waals surface area (Å²) in [6, 6.07) is 0. The maximum Gasteiger partial charge on any atom is 0.472 e. The van der Waals surface area contributed by atoms with Crippen LogP contribution in [0.4, 0.5) is 0 Å². The molecule has 3 unspecified atom stereocenters. The Bertz CT molecular complexity index is 1970. The molecular weight excluding hydrogens is 1320 g/mol. The monoisotopic (exact) mass is 1480 g/mol. The van der Waals surface area contributed by atoms with Gasteiger partial charge in [0.05, 0.1) is 26.4 Å². The number of carbonyl (C=O) groups excluding carboxylic acids is 4. The number of esters is 4. The summed E-state index contributed by atoms with van der Waals surface area (Å²) in [5.41, 5.74) is 0. The van der Waals surface area contributed by atoms with Crippen molar-refractivity contribution in [2.75, 3.05) is 39.6 Å². The van der Waals surface area contributed by atoms with Gasteiger partial charge in [-0.1, -0.05) is 370 Å². The van der Waals surface area contributed by atoms with E-state index in [1.807, 2.05) is 0 Å². The molecule has 0 aromatic heterocycles. The highest BCUT2D eigenvalue weighted by Crippen LogP contribution is 2.45. The second-order valence-electron chi connectivity index (χ2n) is 31.4. The molecule has 5 atom stereocenters. The zero-order chi connectivity index (χ0) is 74.6. The molecule has 0 aliphatic heterocycles. The van der Waals surface area contributed by atoms with Gasteiger partial charge in [0.15, 0.2) is 12.2 Å². The van der Waals surface area contributed by atoms with E-state index in [0.717, 1.165) is 114 Å². The summed E-state index contributed by atoms with van der Waals surface area (Å²) >= 11 is 0. The van der Waals surface area contributed by atoms with Gasteiger partial charge in [0.1, 0.15) is 19.3 Å². The number of rotatable bonds is 79. The highest BCUT2D eigenvalue weighted by molar-refractivity contribution is 7.47. The third-order valence-electron chi connectivity index (χ3n) is 19.1. The molecule has 0 aromatic carbocycles. The first-order valence-corrected chi connectivity index (χ1v) is 45.2. The molecule has 0 saturated carbocycles. The highest BCUT2D eigenvalue weighted by Gasteiger charge is 2.30. The molecule has 0 spiro atoms. The van der Waals surface area contributed by atoms with Crippen LogP contribution in [0.1, 0.15) is 421 Å². The number of hydrogen-bond acceptors (Lipinski definition) is 15. The largest absolute Gasteiger partial charge is 0.472 e. The van der Waals surface area contributed by atoms with Crippen molar-refractivity contribution in [3.63, 3.8) is 0 Å². The van der Waals surface area contributed by atoms with Gasteiger partial charge in [-0.15, -0.1) is 0 Å². The average Bonchev–Trinajstić information content (AvgIpc) is 0.916. The van der Waals surface area contributed by atoms with Crippen molar-refractivity contribution in [2.24, 2.45) is 23.7 Å². The number of unbranched alkanes of at least 4 members (excludes halogenated alkanes) is 45. The van der Waals surface area contributed by atoms with Crippen LogP contribution in [0.3, 0.4) is 0 Å². The maximum atomic E-state index is 13.1. The summed E-state index contributed by atoms with van der Waals surface area (Å²) < 4.78 is 68.7. The molecule has 0 saturated heterocycles. The lowest BCUT2D eigenvalue weighted by atomic mass is 10.0. The second-order valence-corrected chi connectivity index (χ2v) is 34.3. The van der Waals surface area contributed by atoms with Crippen LogP contribution >= 0.6 is 15.6 Å². The van der Waals surface area contributed by atoms with Crippen LogP contribution in [0.25, 0.3) is 0 Å². The molecule has 0 heterocycles. The van der Waals surface area contributed by atoms with Gasteiger partial charge >= 0.3 is 39.5 Å². The van der Waals surface area contributed by atoms with Gasteiger partial charge in [0.25, 0.3) is 0 Å². The lowest BCUT2D eigenvalue weighted by Crippen LogP contribution is -2.30. The van der Waals surface area contributed by atoms with Crippen molar-refractivity contribution < 1.29 is 80.2 Å². The normalized spacial score (nSPS) is 14.0. The molecule has 600 valence electrons. The maximum absolute atomic E-state index is 13.1. The molecule has 19 heteroatoms. The van der Waals surface area contributed by atoms with Crippen LogP contribution in [0.5, 0.6) is 0 Å². The highest BCUT2D eigenvalue weighted by atomic mass is 31.2. The Labute approximate surface area is 619 Å². The predicted molar refractivity (Wildman–Crippen MR) is 414 cm³/mol. The molecular formula is C82H160O17P2. The average molecular weight is 1480 g/mol.